The summed E-state index contributed by atoms with van der Waals surface area (Å²) in [6.07, 6.45) is 0. The Labute approximate surface area is 53.9 Å². The molecule has 0 spiro atoms. The normalized spacial score (nSPS) is 9.44. The van der Waals surface area contributed by atoms with Crippen molar-refractivity contribution in [2.45, 2.75) is 6.54 Å². The van der Waals surface area contributed by atoms with Gasteiger partial charge in [0.05, 0.1) is 0 Å². The smallest absolute Gasteiger partial charge is 0.120 e. The van der Waals surface area contributed by atoms with Crippen molar-refractivity contribution in [2.24, 2.45) is 5.73 Å². The molecule has 0 amide bonds. The molecule has 1 radical (unpaired) electrons. The summed E-state index contributed by atoms with van der Waals surface area (Å²) in [6.45, 7) is 0.340. The van der Waals surface area contributed by atoms with E-state index in [0.29, 0.717) is 12.1 Å². The number of aromatic hydroxyl groups is 1. The molecule has 0 aliphatic rings. The first kappa shape index (κ1) is 6.11. The molecule has 0 saturated carbocycles. The van der Waals surface area contributed by atoms with Crippen molar-refractivity contribution in [1.82, 2.24) is 0 Å². The van der Waals surface area contributed by atoms with E-state index in [4.69, 9.17) is 10.8 Å². The second-order valence-corrected chi connectivity index (χ2v) is 1.74. The Morgan fingerprint density at radius 2 is 2.44 bits per heavy atom. The van der Waals surface area contributed by atoms with Gasteiger partial charge < -0.3 is 10.8 Å². The molecule has 0 fully saturated rings. The average molecular weight is 122 g/mol. The lowest BCUT2D eigenvalue weighted by atomic mass is 10.2. The fraction of sp³-hybridized carbons (Fsp3) is 0.143. The van der Waals surface area contributed by atoms with Crippen molar-refractivity contribution in [2.75, 3.05) is 0 Å². The number of phenolic OH excluding ortho intramolecular Hbond substituents is 1. The van der Waals surface area contributed by atoms with E-state index in [1.54, 1.807) is 18.2 Å². The first-order valence-corrected chi connectivity index (χ1v) is 2.73. The summed E-state index contributed by atoms with van der Waals surface area (Å²) in [4.78, 5) is 0. The monoisotopic (exact) mass is 122 g/mol. The summed E-state index contributed by atoms with van der Waals surface area (Å²) in [7, 11) is 0. The van der Waals surface area contributed by atoms with Crippen LogP contribution in [-0.2, 0) is 6.54 Å². The molecule has 1 aromatic carbocycles. The molecule has 0 atom stereocenters. The van der Waals surface area contributed by atoms with Crippen LogP contribution in [0.5, 0.6) is 5.75 Å². The Hall–Kier alpha value is -1.02. The molecule has 3 N–H and O–H groups in total. The van der Waals surface area contributed by atoms with Crippen LogP contribution in [-0.4, -0.2) is 5.11 Å². The van der Waals surface area contributed by atoms with Gasteiger partial charge in [-0.25, -0.2) is 0 Å². The van der Waals surface area contributed by atoms with Gasteiger partial charge in [0.15, 0.2) is 0 Å². The highest BCUT2D eigenvalue weighted by molar-refractivity contribution is 5.30. The van der Waals surface area contributed by atoms with Gasteiger partial charge in [0.2, 0.25) is 0 Å². The maximum absolute atomic E-state index is 9.00. The van der Waals surface area contributed by atoms with E-state index in [2.05, 4.69) is 6.07 Å². The number of hydrogen-bond donors (Lipinski definition) is 2. The molecular formula is C7H8NO. The highest BCUT2D eigenvalue weighted by Crippen LogP contribution is 2.12. The van der Waals surface area contributed by atoms with Gasteiger partial charge in [-0.2, -0.15) is 0 Å². The molecule has 0 aliphatic heterocycles. The molecule has 9 heavy (non-hydrogen) atoms. The minimum Gasteiger partial charge on any atom is -0.508 e. The lowest BCUT2D eigenvalue weighted by molar-refractivity contribution is 0.468. The van der Waals surface area contributed by atoms with Crippen LogP contribution in [0.4, 0.5) is 0 Å². The highest BCUT2D eigenvalue weighted by Gasteiger charge is 1.93. The van der Waals surface area contributed by atoms with Gasteiger partial charge in [-0.3, -0.25) is 0 Å². The Balaban J connectivity index is 3.01. The Morgan fingerprint density at radius 3 is 2.89 bits per heavy atom. The van der Waals surface area contributed by atoms with Crippen LogP contribution in [0.1, 0.15) is 5.56 Å². The highest BCUT2D eigenvalue weighted by atomic mass is 16.3. The maximum Gasteiger partial charge on any atom is 0.120 e. The quantitative estimate of drug-likeness (QED) is 0.574. The number of rotatable bonds is 1. The summed E-state index contributed by atoms with van der Waals surface area (Å²) < 4.78 is 0. The van der Waals surface area contributed by atoms with Gasteiger partial charge in [-0.05, 0) is 12.1 Å². The van der Waals surface area contributed by atoms with Crippen molar-refractivity contribution in [3.05, 3.63) is 29.8 Å². The van der Waals surface area contributed by atoms with Crippen molar-refractivity contribution >= 4 is 0 Å². The average Bonchev–Trinajstić information content (AvgIpc) is 1.89. The van der Waals surface area contributed by atoms with Crippen molar-refractivity contribution < 1.29 is 5.11 Å². The van der Waals surface area contributed by atoms with E-state index in [-0.39, 0.29) is 5.75 Å². The van der Waals surface area contributed by atoms with Gasteiger partial charge in [-0.1, -0.05) is 12.1 Å². The maximum atomic E-state index is 9.00. The van der Waals surface area contributed by atoms with Crippen LogP contribution >= 0.6 is 0 Å². The largest absolute Gasteiger partial charge is 0.508 e. The molecule has 0 heterocycles. The zero-order valence-corrected chi connectivity index (χ0v) is 4.96. The molecular weight excluding hydrogens is 114 g/mol. The minimum atomic E-state index is 0.222. The molecule has 1 aromatic rings. The summed E-state index contributed by atoms with van der Waals surface area (Å²) in [6, 6.07) is 7.85. The second kappa shape index (κ2) is 2.51. The Morgan fingerprint density at radius 1 is 1.67 bits per heavy atom. The molecule has 0 aliphatic carbocycles. The van der Waals surface area contributed by atoms with Gasteiger partial charge in [0.25, 0.3) is 0 Å². The minimum absolute atomic E-state index is 0.222. The van der Waals surface area contributed by atoms with E-state index < -0.39 is 0 Å². The summed E-state index contributed by atoms with van der Waals surface area (Å²) in [5.74, 6) is 0.222. The number of benzene rings is 1. The molecule has 0 aromatic heterocycles. The van der Waals surface area contributed by atoms with Crippen LogP contribution in [0.3, 0.4) is 0 Å². The topological polar surface area (TPSA) is 46.2 Å². The SMILES string of the molecule is NCc1[c]cccc1O. The third-order valence-corrected chi connectivity index (χ3v) is 1.12. The molecule has 1 rings (SSSR count). The van der Waals surface area contributed by atoms with Crippen LogP contribution in [0.25, 0.3) is 0 Å². The molecule has 0 unspecified atom stereocenters. The Kier molecular flexibility index (Phi) is 1.70. The second-order valence-electron chi connectivity index (χ2n) is 1.74. The predicted octanol–water partition coefficient (Wildman–Crippen LogP) is 0.651. The van der Waals surface area contributed by atoms with Gasteiger partial charge >= 0.3 is 0 Å². The molecule has 2 nitrogen and oxygen atoms in total. The lowest BCUT2D eigenvalue weighted by Gasteiger charge is -1.96. The third kappa shape index (κ3) is 1.21. The first-order valence-electron chi connectivity index (χ1n) is 2.73. The first-order chi connectivity index (χ1) is 4.34. The fourth-order valence-corrected chi connectivity index (χ4v) is 0.626. The van der Waals surface area contributed by atoms with Gasteiger partial charge in [0.1, 0.15) is 5.75 Å². The zero-order chi connectivity index (χ0) is 6.69. The van der Waals surface area contributed by atoms with Gasteiger partial charge in [-0.15, -0.1) is 0 Å². The lowest BCUT2D eigenvalue weighted by Crippen LogP contribution is -1.95. The predicted molar refractivity (Wildman–Crippen MR) is 34.8 cm³/mol. The standard InChI is InChI=1S/C7H8NO/c8-5-6-3-1-2-4-7(6)9/h1-2,4,9H,5,8H2. The van der Waals surface area contributed by atoms with Crippen molar-refractivity contribution in [3.63, 3.8) is 0 Å². The number of nitrogens with two attached hydrogens (primary N) is 1. The summed E-state index contributed by atoms with van der Waals surface area (Å²) in [5, 5.41) is 9.00. The molecule has 47 valence electrons. The van der Waals surface area contributed by atoms with Crippen LogP contribution < -0.4 is 5.73 Å². The number of phenols is 1. The van der Waals surface area contributed by atoms with Crippen molar-refractivity contribution in [3.8, 4) is 5.75 Å². The Bertz CT molecular complexity index is 198. The fourth-order valence-electron chi connectivity index (χ4n) is 0.626. The van der Waals surface area contributed by atoms with E-state index >= 15 is 0 Å². The van der Waals surface area contributed by atoms with Crippen molar-refractivity contribution in [1.29, 1.82) is 0 Å². The van der Waals surface area contributed by atoms with E-state index in [9.17, 15) is 0 Å². The molecule has 0 saturated heterocycles. The zero-order valence-electron chi connectivity index (χ0n) is 4.96. The summed E-state index contributed by atoms with van der Waals surface area (Å²) >= 11 is 0. The van der Waals surface area contributed by atoms with E-state index in [0.717, 1.165) is 0 Å². The molecule has 0 bridgehead atoms. The summed E-state index contributed by atoms with van der Waals surface area (Å²) in [5.41, 5.74) is 5.92. The number of hydrogen-bond acceptors (Lipinski definition) is 2. The van der Waals surface area contributed by atoms with Gasteiger partial charge in [0, 0.05) is 12.1 Å². The molecule has 2 heteroatoms. The van der Waals surface area contributed by atoms with Crippen LogP contribution in [0.15, 0.2) is 18.2 Å². The third-order valence-electron chi connectivity index (χ3n) is 1.12. The van der Waals surface area contributed by atoms with E-state index in [1.807, 2.05) is 0 Å². The van der Waals surface area contributed by atoms with Crippen LogP contribution in [0, 0.1) is 6.07 Å². The van der Waals surface area contributed by atoms with E-state index in [1.165, 1.54) is 0 Å². The van der Waals surface area contributed by atoms with Crippen LogP contribution in [0.2, 0.25) is 0 Å².